The van der Waals surface area contributed by atoms with Crippen molar-refractivity contribution in [3.8, 4) is 5.75 Å². The highest BCUT2D eigenvalue weighted by Crippen LogP contribution is 2.16. The van der Waals surface area contributed by atoms with E-state index in [1.165, 1.54) is 44.9 Å². The molecule has 160 valence electrons. The first-order valence-corrected chi connectivity index (χ1v) is 11.0. The molecule has 0 aliphatic heterocycles. The summed E-state index contributed by atoms with van der Waals surface area (Å²) >= 11 is 0. The van der Waals surface area contributed by atoms with Crippen molar-refractivity contribution in [2.45, 2.75) is 58.3 Å². The molecule has 0 aromatic heterocycles. The fourth-order valence-electron chi connectivity index (χ4n) is 3.06. The molecular weight excluding hydrogens is 374 g/mol. The Morgan fingerprint density at radius 3 is 2.10 bits per heavy atom. The van der Waals surface area contributed by atoms with E-state index >= 15 is 0 Å². The summed E-state index contributed by atoms with van der Waals surface area (Å²) in [6.45, 7) is 3.02. The molecule has 4 heteroatoms. The van der Waals surface area contributed by atoms with Crippen LogP contribution >= 0.6 is 0 Å². The van der Waals surface area contributed by atoms with Gasteiger partial charge in [0.25, 0.3) is 0 Å². The van der Waals surface area contributed by atoms with Gasteiger partial charge in [-0.25, -0.2) is 4.79 Å². The zero-order valence-electron chi connectivity index (χ0n) is 17.9. The van der Waals surface area contributed by atoms with Crippen LogP contribution in [0.3, 0.4) is 0 Å². The van der Waals surface area contributed by atoms with Crippen LogP contribution in [-0.4, -0.2) is 23.9 Å². The van der Waals surface area contributed by atoms with Gasteiger partial charge in [-0.2, -0.15) is 0 Å². The monoisotopic (exact) mass is 407 g/mol. The lowest BCUT2D eigenvalue weighted by Gasteiger charge is -2.06. The summed E-state index contributed by atoms with van der Waals surface area (Å²) in [5.41, 5.74) is 2.65. The second kappa shape index (κ2) is 14.2. The quantitative estimate of drug-likeness (QED) is 0.207. The molecule has 0 fully saturated rings. The summed E-state index contributed by atoms with van der Waals surface area (Å²) in [4.78, 5) is 15.0. The number of hydrogen-bond donors (Lipinski definition) is 1. The van der Waals surface area contributed by atoms with Gasteiger partial charge in [0.15, 0.2) is 0 Å². The number of carbonyl (C=O) groups is 1. The van der Waals surface area contributed by atoms with Gasteiger partial charge in [-0.3, -0.25) is 4.99 Å². The topological polar surface area (TPSA) is 58.9 Å². The third kappa shape index (κ3) is 10.1. The van der Waals surface area contributed by atoms with Crippen LogP contribution in [0.1, 0.15) is 69.4 Å². The molecule has 1 N–H and O–H groups in total. The molecule has 30 heavy (non-hydrogen) atoms. The predicted molar refractivity (Wildman–Crippen MR) is 125 cm³/mol. The maximum atomic E-state index is 10.5. The maximum absolute atomic E-state index is 10.5. The van der Waals surface area contributed by atoms with Crippen LogP contribution < -0.4 is 4.74 Å². The minimum absolute atomic E-state index is 0.769. The maximum Gasteiger partial charge on any atom is 0.328 e. The molecule has 0 spiro atoms. The van der Waals surface area contributed by atoms with Gasteiger partial charge in [0.1, 0.15) is 5.75 Å². The first-order chi connectivity index (χ1) is 14.7. The molecule has 2 aromatic rings. The summed E-state index contributed by atoms with van der Waals surface area (Å²) in [5.74, 6) is -0.0630. The van der Waals surface area contributed by atoms with Gasteiger partial charge in [-0.1, -0.05) is 64.0 Å². The molecule has 0 bridgehead atoms. The van der Waals surface area contributed by atoms with Gasteiger partial charge in [0, 0.05) is 12.3 Å². The van der Waals surface area contributed by atoms with Crippen molar-refractivity contribution < 1.29 is 14.6 Å². The lowest BCUT2D eigenvalue weighted by Crippen LogP contribution is -1.97. The van der Waals surface area contributed by atoms with Crippen LogP contribution in [-0.2, 0) is 4.79 Å². The Balaban J connectivity index is 1.68. The number of rotatable bonds is 14. The Labute approximate surface area is 180 Å². The first-order valence-electron chi connectivity index (χ1n) is 11.0. The Kier molecular flexibility index (Phi) is 11.0. The van der Waals surface area contributed by atoms with Crippen LogP contribution in [0.25, 0.3) is 6.08 Å². The first kappa shape index (κ1) is 23.4. The van der Waals surface area contributed by atoms with Gasteiger partial charge >= 0.3 is 5.97 Å². The lowest BCUT2D eigenvalue weighted by molar-refractivity contribution is -0.131. The normalized spacial score (nSPS) is 11.4. The molecule has 0 heterocycles. The summed E-state index contributed by atoms with van der Waals surface area (Å²) in [6.07, 6.45) is 14.9. The van der Waals surface area contributed by atoms with Gasteiger partial charge in [-0.05, 0) is 60.0 Å². The van der Waals surface area contributed by atoms with E-state index in [9.17, 15) is 4.79 Å². The van der Waals surface area contributed by atoms with Crippen molar-refractivity contribution in [3.05, 3.63) is 65.7 Å². The van der Waals surface area contributed by atoms with E-state index in [2.05, 4.69) is 11.9 Å². The van der Waals surface area contributed by atoms with Crippen LogP contribution in [0, 0.1) is 0 Å². The van der Waals surface area contributed by atoms with E-state index in [1.54, 1.807) is 6.08 Å². The van der Waals surface area contributed by atoms with Gasteiger partial charge in [-0.15, -0.1) is 0 Å². The van der Waals surface area contributed by atoms with Crippen LogP contribution in [0.15, 0.2) is 59.6 Å². The number of benzene rings is 2. The van der Waals surface area contributed by atoms with E-state index in [-0.39, 0.29) is 0 Å². The Bertz CT molecular complexity index is 792. The molecule has 0 atom stereocenters. The van der Waals surface area contributed by atoms with Crippen molar-refractivity contribution in [1.82, 2.24) is 0 Å². The number of ether oxygens (including phenoxy) is 1. The largest absolute Gasteiger partial charge is 0.494 e. The van der Waals surface area contributed by atoms with E-state index in [4.69, 9.17) is 9.84 Å². The lowest BCUT2D eigenvalue weighted by atomic mass is 10.1. The number of carboxylic acid groups (broad SMARTS) is 1. The molecule has 4 nitrogen and oxygen atoms in total. The third-order valence-electron chi connectivity index (χ3n) is 4.82. The third-order valence-corrected chi connectivity index (χ3v) is 4.82. The molecule has 0 aliphatic carbocycles. The smallest absolute Gasteiger partial charge is 0.328 e. The summed E-state index contributed by atoms with van der Waals surface area (Å²) in [6, 6.07) is 15.4. The minimum atomic E-state index is -0.956. The second-order valence-corrected chi connectivity index (χ2v) is 7.41. The van der Waals surface area contributed by atoms with Crippen LogP contribution in [0.4, 0.5) is 5.69 Å². The SMILES string of the molecule is CCCCCCCCCCOc1ccc(C=Nc2ccc(C=CC(=O)O)cc2)cc1. The van der Waals surface area contributed by atoms with Gasteiger partial charge in [0.05, 0.1) is 12.3 Å². The zero-order chi connectivity index (χ0) is 21.4. The molecule has 2 aromatic carbocycles. The number of nitrogens with zero attached hydrogens (tertiary/aromatic N) is 1. The van der Waals surface area contributed by atoms with Crippen molar-refractivity contribution in [2.24, 2.45) is 4.99 Å². The molecule has 0 aliphatic rings. The molecule has 0 saturated heterocycles. The second-order valence-electron chi connectivity index (χ2n) is 7.41. The van der Waals surface area contributed by atoms with E-state index in [1.807, 2.05) is 54.7 Å². The summed E-state index contributed by atoms with van der Waals surface area (Å²) in [7, 11) is 0. The Morgan fingerprint density at radius 2 is 1.47 bits per heavy atom. The average molecular weight is 408 g/mol. The fourth-order valence-corrected chi connectivity index (χ4v) is 3.06. The highest BCUT2D eigenvalue weighted by atomic mass is 16.5. The van der Waals surface area contributed by atoms with Crippen LogP contribution in [0.2, 0.25) is 0 Å². The number of carboxylic acids is 1. The van der Waals surface area contributed by atoms with E-state index in [0.717, 1.165) is 41.7 Å². The van der Waals surface area contributed by atoms with Gasteiger partial charge in [0.2, 0.25) is 0 Å². The molecule has 0 unspecified atom stereocenters. The number of aliphatic imine (C=N–C) groups is 1. The van der Waals surface area contributed by atoms with Crippen LogP contribution in [0.5, 0.6) is 5.75 Å². The highest BCUT2D eigenvalue weighted by molar-refractivity contribution is 5.85. The van der Waals surface area contributed by atoms with Crippen molar-refractivity contribution in [3.63, 3.8) is 0 Å². The Morgan fingerprint density at radius 1 is 0.867 bits per heavy atom. The van der Waals surface area contributed by atoms with Gasteiger partial charge < -0.3 is 9.84 Å². The fraction of sp³-hybridized carbons (Fsp3) is 0.385. The Hall–Kier alpha value is -2.88. The molecule has 0 radical (unpaired) electrons. The summed E-state index contributed by atoms with van der Waals surface area (Å²) in [5, 5.41) is 8.66. The minimum Gasteiger partial charge on any atom is -0.494 e. The van der Waals surface area contributed by atoms with Crippen molar-refractivity contribution in [1.29, 1.82) is 0 Å². The number of hydrogen-bond acceptors (Lipinski definition) is 3. The summed E-state index contributed by atoms with van der Waals surface area (Å²) < 4.78 is 5.83. The van der Waals surface area contributed by atoms with Crippen molar-refractivity contribution in [2.75, 3.05) is 6.61 Å². The van der Waals surface area contributed by atoms with Crippen molar-refractivity contribution >= 4 is 23.9 Å². The molecule has 0 saturated carbocycles. The standard InChI is InChI=1S/C26H33NO3/c1-2-3-4-5-6-7-8-9-20-30-25-17-12-23(13-18-25)21-27-24-15-10-22(11-16-24)14-19-26(28)29/h10-19,21H,2-9,20H2,1H3,(H,28,29). The molecular formula is C26H33NO3. The number of unbranched alkanes of at least 4 members (excludes halogenated alkanes) is 7. The van der Waals surface area contributed by atoms with E-state index in [0.29, 0.717) is 0 Å². The van der Waals surface area contributed by atoms with E-state index < -0.39 is 5.97 Å². The zero-order valence-corrected chi connectivity index (χ0v) is 17.9. The predicted octanol–water partition coefficient (Wildman–Crippen LogP) is 7.05. The average Bonchev–Trinajstić information content (AvgIpc) is 2.76. The number of aliphatic carboxylic acids is 1. The highest BCUT2D eigenvalue weighted by Gasteiger charge is 1.96. The molecule has 2 rings (SSSR count). The molecule has 0 amide bonds.